The molecular weight excluding hydrogens is 380 g/mol. The van der Waals surface area contributed by atoms with Gasteiger partial charge in [-0.1, -0.05) is 36.8 Å². The number of carbonyl (C=O) groups excluding carboxylic acids is 1. The average molecular weight is 419 g/mol. The number of rotatable bonds is 7. The van der Waals surface area contributed by atoms with E-state index < -0.39 is 17.8 Å². The molecule has 0 aromatic heterocycles. The van der Waals surface area contributed by atoms with Crippen LogP contribution in [0.4, 0.5) is 0 Å². The third-order valence-electron chi connectivity index (χ3n) is 6.21. The molecule has 2 rings (SSSR count). The zero-order chi connectivity index (χ0) is 22.5. The van der Waals surface area contributed by atoms with E-state index in [2.05, 4.69) is 25.7 Å². The Balaban J connectivity index is 2.30. The summed E-state index contributed by atoms with van der Waals surface area (Å²) in [5.41, 5.74) is 1.80. The number of aliphatic hydroxyl groups excluding tert-OH is 2. The number of epoxide rings is 1. The predicted octanol–water partition coefficient (Wildman–Crippen LogP) is 4.40. The molecule has 0 amide bonds. The number of hydrogen-bond acceptors (Lipinski definition) is 5. The Morgan fingerprint density at radius 3 is 2.70 bits per heavy atom. The van der Waals surface area contributed by atoms with Crippen LogP contribution in [-0.2, 0) is 14.3 Å². The maximum absolute atomic E-state index is 12.3. The third kappa shape index (κ3) is 6.66. The number of allylic oxidation sites excluding steroid dienone is 3. The van der Waals surface area contributed by atoms with Crippen molar-refractivity contribution in [3.05, 3.63) is 47.6 Å². The van der Waals surface area contributed by atoms with Gasteiger partial charge in [-0.2, -0.15) is 0 Å². The van der Waals surface area contributed by atoms with E-state index in [1.807, 2.05) is 33.8 Å². The molecule has 5 heteroatoms. The second kappa shape index (κ2) is 10.1. The number of fused-ring (bicyclic) bond motifs is 1. The van der Waals surface area contributed by atoms with Gasteiger partial charge in [-0.25, -0.2) is 4.79 Å². The van der Waals surface area contributed by atoms with Gasteiger partial charge in [0.05, 0.1) is 18.8 Å². The highest BCUT2D eigenvalue weighted by atomic mass is 16.6. The van der Waals surface area contributed by atoms with E-state index in [0.29, 0.717) is 6.42 Å². The molecule has 1 unspecified atom stereocenters. The maximum atomic E-state index is 12.3. The van der Waals surface area contributed by atoms with Crippen molar-refractivity contribution in [1.29, 1.82) is 0 Å². The standard InChI is InChI=1S/C25H38O5/c1-17(2)15-23(28)29-21-11-14-24(5,13-10-20(27)18(3)4)12-9-19(16-26)7-8-22-25(21,6)30-22/h9,11,14-15,20-22,26-27H,3,7-8,10,12-13,16H2,1-2,4-6H3/b14-11-,19-9+/t20?,21-,22+,24-,25+/m1/s1. The summed E-state index contributed by atoms with van der Waals surface area (Å²) < 4.78 is 11.8. The van der Waals surface area contributed by atoms with E-state index in [9.17, 15) is 15.0 Å². The van der Waals surface area contributed by atoms with Crippen molar-refractivity contribution in [2.75, 3.05) is 6.61 Å². The number of hydrogen-bond donors (Lipinski definition) is 2. The van der Waals surface area contributed by atoms with Crippen molar-refractivity contribution < 1.29 is 24.5 Å². The van der Waals surface area contributed by atoms with Gasteiger partial charge in [0.1, 0.15) is 5.60 Å². The van der Waals surface area contributed by atoms with Crippen LogP contribution in [0.2, 0.25) is 0 Å². The highest BCUT2D eigenvalue weighted by molar-refractivity contribution is 5.83. The predicted molar refractivity (Wildman–Crippen MR) is 119 cm³/mol. The van der Waals surface area contributed by atoms with Gasteiger partial charge in [0.2, 0.25) is 0 Å². The molecule has 1 saturated heterocycles. The fourth-order valence-electron chi connectivity index (χ4n) is 3.84. The van der Waals surface area contributed by atoms with Crippen LogP contribution in [0.15, 0.2) is 47.6 Å². The molecule has 2 N–H and O–H groups in total. The summed E-state index contributed by atoms with van der Waals surface area (Å²) in [6.45, 7) is 13.5. The smallest absolute Gasteiger partial charge is 0.331 e. The molecule has 1 fully saturated rings. The molecule has 1 aliphatic heterocycles. The monoisotopic (exact) mass is 418 g/mol. The van der Waals surface area contributed by atoms with Crippen LogP contribution >= 0.6 is 0 Å². The molecule has 0 aromatic carbocycles. The first kappa shape index (κ1) is 24.6. The first-order chi connectivity index (χ1) is 14.0. The van der Waals surface area contributed by atoms with Gasteiger partial charge in [-0.3, -0.25) is 0 Å². The molecule has 30 heavy (non-hydrogen) atoms. The Bertz CT molecular complexity index is 730. The third-order valence-corrected chi connectivity index (χ3v) is 6.21. The summed E-state index contributed by atoms with van der Waals surface area (Å²) in [4.78, 5) is 12.3. The average Bonchev–Trinajstić information content (AvgIpc) is 3.33. The summed E-state index contributed by atoms with van der Waals surface area (Å²) in [5, 5.41) is 20.0. The second-order valence-corrected chi connectivity index (χ2v) is 9.55. The SMILES string of the molecule is C=C(C)C(O)CC[C@]1(C)/C=C\[C@@H](OC(=O)C=C(C)C)[C@]2(C)O[C@H]2CC/C(CO)=C\C1. The molecule has 5 atom stereocenters. The van der Waals surface area contributed by atoms with Crippen molar-refractivity contribution in [3.63, 3.8) is 0 Å². The van der Waals surface area contributed by atoms with Crippen LogP contribution in [-0.4, -0.2) is 46.7 Å². The second-order valence-electron chi connectivity index (χ2n) is 9.55. The van der Waals surface area contributed by atoms with E-state index in [1.165, 1.54) is 6.08 Å². The fraction of sp³-hybridized carbons (Fsp3) is 0.640. The van der Waals surface area contributed by atoms with Gasteiger partial charge in [-0.05, 0) is 76.9 Å². The minimum atomic E-state index is -0.565. The van der Waals surface area contributed by atoms with Gasteiger partial charge in [-0.15, -0.1) is 0 Å². The molecule has 0 radical (unpaired) electrons. The van der Waals surface area contributed by atoms with E-state index in [-0.39, 0.29) is 24.1 Å². The number of esters is 1. The Kier molecular flexibility index (Phi) is 8.26. The summed E-state index contributed by atoms with van der Waals surface area (Å²) in [6.07, 6.45) is 10.2. The lowest BCUT2D eigenvalue weighted by molar-refractivity contribution is -0.143. The molecule has 2 aliphatic rings. The Labute approximate surface area is 181 Å². The van der Waals surface area contributed by atoms with Crippen molar-refractivity contribution >= 4 is 5.97 Å². The summed E-state index contributed by atoms with van der Waals surface area (Å²) in [6, 6.07) is 0. The van der Waals surface area contributed by atoms with Crippen LogP contribution in [0.3, 0.4) is 0 Å². The molecule has 5 nitrogen and oxygen atoms in total. The largest absolute Gasteiger partial charge is 0.452 e. The first-order valence-corrected chi connectivity index (χ1v) is 10.8. The molecule has 0 bridgehead atoms. The van der Waals surface area contributed by atoms with Gasteiger partial charge in [0.25, 0.3) is 0 Å². The van der Waals surface area contributed by atoms with Gasteiger partial charge in [0, 0.05) is 6.08 Å². The van der Waals surface area contributed by atoms with Crippen molar-refractivity contribution in [2.45, 2.75) is 90.6 Å². The molecule has 0 aromatic rings. The maximum Gasteiger partial charge on any atom is 0.331 e. The Hall–Kier alpha value is -1.69. The molecule has 0 spiro atoms. The van der Waals surface area contributed by atoms with Crippen LogP contribution < -0.4 is 0 Å². The number of carbonyl (C=O) groups is 1. The zero-order valence-electron chi connectivity index (χ0n) is 19.1. The van der Waals surface area contributed by atoms with Crippen molar-refractivity contribution in [2.24, 2.45) is 5.41 Å². The lowest BCUT2D eigenvalue weighted by Crippen LogP contribution is -2.32. The molecular formula is C25H38O5. The zero-order valence-corrected chi connectivity index (χ0v) is 19.1. The van der Waals surface area contributed by atoms with Crippen molar-refractivity contribution in [3.8, 4) is 0 Å². The number of aliphatic hydroxyl groups is 2. The Morgan fingerprint density at radius 1 is 1.40 bits per heavy atom. The fourth-order valence-corrected chi connectivity index (χ4v) is 3.84. The lowest BCUT2D eigenvalue weighted by Gasteiger charge is -2.28. The van der Waals surface area contributed by atoms with E-state index >= 15 is 0 Å². The molecule has 0 saturated carbocycles. The van der Waals surface area contributed by atoms with Crippen molar-refractivity contribution in [1.82, 2.24) is 0 Å². The van der Waals surface area contributed by atoms with Gasteiger partial charge in [0.15, 0.2) is 6.10 Å². The summed E-state index contributed by atoms with van der Waals surface area (Å²) >= 11 is 0. The summed E-state index contributed by atoms with van der Waals surface area (Å²) in [7, 11) is 0. The molecule has 1 aliphatic carbocycles. The Morgan fingerprint density at radius 2 is 2.10 bits per heavy atom. The van der Waals surface area contributed by atoms with Crippen LogP contribution in [0.1, 0.15) is 66.7 Å². The molecule has 1 heterocycles. The highest BCUT2D eigenvalue weighted by Gasteiger charge is 2.58. The lowest BCUT2D eigenvalue weighted by atomic mass is 9.79. The minimum Gasteiger partial charge on any atom is -0.452 e. The van der Waals surface area contributed by atoms with Crippen LogP contribution in [0.5, 0.6) is 0 Å². The topological polar surface area (TPSA) is 79.3 Å². The van der Waals surface area contributed by atoms with Crippen LogP contribution in [0, 0.1) is 5.41 Å². The van der Waals surface area contributed by atoms with E-state index in [0.717, 1.165) is 42.4 Å². The van der Waals surface area contributed by atoms with Gasteiger partial charge < -0.3 is 19.7 Å². The molecule has 168 valence electrons. The number of ether oxygens (including phenoxy) is 2. The van der Waals surface area contributed by atoms with Gasteiger partial charge >= 0.3 is 5.97 Å². The first-order valence-electron chi connectivity index (χ1n) is 10.8. The quantitative estimate of drug-likeness (QED) is 0.277. The normalized spacial score (nSPS) is 35.0. The minimum absolute atomic E-state index is 0.0174. The highest BCUT2D eigenvalue weighted by Crippen LogP contribution is 2.45. The van der Waals surface area contributed by atoms with E-state index in [1.54, 1.807) is 0 Å². The van der Waals surface area contributed by atoms with E-state index in [4.69, 9.17) is 9.47 Å². The van der Waals surface area contributed by atoms with Crippen LogP contribution in [0.25, 0.3) is 0 Å². The summed E-state index contributed by atoms with van der Waals surface area (Å²) in [5.74, 6) is -0.372.